The fourth-order valence-corrected chi connectivity index (χ4v) is 3.85. The zero-order valence-corrected chi connectivity index (χ0v) is 15.7. The van der Waals surface area contributed by atoms with Crippen molar-refractivity contribution in [2.45, 2.75) is 45.9 Å². The second-order valence-corrected chi connectivity index (χ2v) is 6.94. The van der Waals surface area contributed by atoms with Gasteiger partial charge in [-0.05, 0) is 27.0 Å². The number of nitrogens with zero attached hydrogens (tertiary/aromatic N) is 9. The number of aromatic nitrogens is 8. The second-order valence-electron chi connectivity index (χ2n) is 6.04. The maximum Gasteiger partial charge on any atom is 0.237 e. The number of imidazole rings is 1. The molecule has 0 amide bonds. The van der Waals surface area contributed by atoms with E-state index in [-0.39, 0.29) is 17.5 Å². The molecule has 5 rings (SSSR count). The molecule has 0 aromatic carbocycles. The van der Waals surface area contributed by atoms with E-state index in [1.165, 1.54) is 46.0 Å². The van der Waals surface area contributed by atoms with Crippen molar-refractivity contribution in [2.24, 2.45) is 0 Å². The Balaban J connectivity index is 1.89. The molecule has 4 aromatic rings. The fraction of sp³-hybridized carbons (Fsp3) is 0.368. The largest absolute Gasteiger partial charge is 0.342 e. The zero-order valence-electron chi connectivity index (χ0n) is 26.9. The highest BCUT2D eigenvalue weighted by Gasteiger charge is 2.36. The van der Waals surface area contributed by atoms with Crippen LogP contribution in [0.2, 0.25) is 0 Å². The van der Waals surface area contributed by atoms with Crippen LogP contribution < -0.4 is 4.90 Å². The van der Waals surface area contributed by atoms with E-state index >= 15 is 0 Å². The lowest BCUT2D eigenvalue weighted by Crippen LogP contribution is -2.40. The maximum absolute atomic E-state index is 9.02. The normalized spacial score (nSPS) is 23.9. The number of hydrogen-bond acceptors (Lipinski definition) is 8. The van der Waals surface area contributed by atoms with Crippen LogP contribution in [0.25, 0.3) is 22.5 Å². The Morgan fingerprint density at radius 1 is 1.28 bits per heavy atom. The van der Waals surface area contributed by atoms with Crippen LogP contribution in [-0.2, 0) is 0 Å². The molecule has 1 aliphatic rings. The van der Waals surface area contributed by atoms with Crippen molar-refractivity contribution >= 4 is 17.2 Å². The fourth-order valence-electron chi connectivity index (χ4n) is 3.22. The number of anilines is 1. The summed E-state index contributed by atoms with van der Waals surface area (Å²) in [5, 5.41) is 10.0. The van der Waals surface area contributed by atoms with Crippen LogP contribution in [0.1, 0.15) is 61.1 Å². The first-order valence-corrected chi connectivity index (χ1v) is 9.22. The average Bonchev–Trinajstić information content (AvgIpc) is 3.61. The van der Waals surface area contributed by atoms with Gasteiger partial charge in [-0.3, -0.25) is 9.13 Å². The van der Waals surface area contributed by atoms with Crippen molar-refractivity contribution in [1.29, 1.82) is 0 Å². The molecule has 4 aromatic heterocycles. The van der Waals surface area contributed by atoms with Crippen LogP contribution >= 0.6 is 11.3 Å². The van der Waals surface area contributed by atoms with Crippen LogP contribution in [0.5, 0.6) is 0 Å². The van der Waals surface area contributed by atoms with Crippen LogP contribution in [0.15, 0.2) is 30.2 Å². The lowest BCUT2D eigenvalue weighted by molar-refractivity contribution is 0.496. The van der Waals surface area contributed by atoms with E-state index < -0.39 is 50.6 Å². The Morgan fingerprint density at radius 2 is 2.21 bits per heavy atom. The molecule has 1 aliphatic heterocycles. The number of hydrogen-bond donors (Lipinski definition) is 0. The Hall–Kier alpha value is -3.14. The van der Waals surface area contributed by atoms with Gasteiger partial charge in [0.15, 0.2) is 22.5 Å². The predicted octanol–water partition coefficient (Wildman–Crippen LogP) is 3.35. The highest BCUT2D eigenvalue weighted by Crippen LogP contribution is 2.40. The molecule has 10 heteroatoms. The van der Waals surface area contributed by atoms with E-state index in [4.69, 9.17) is 16.4 Å². The molecule has 0 N–H and O–H groups in total. The van der Waals surface area contributed by atoms with Gasteiger partial charge < -0.3 is 4.90 Å². The molecule has 1 atom stereocenters. The molecule has 0 unspecified atom stereocenters. The highest BCUT2D eigenvalue weighted by molar-refractivity contribution is 7.13. The Morgan fingerprint density at radius 3 is 3.00 bits per heavy atom. The molecule has 0 fully saturated rings. The van der Waals surface area contributed by atoms with Crippen LogP contribution in [0.3, 0.4) is 0 Å². The van der Waals surface area contributed by atoms with Crippen LogP contribution in [0, 0.1) is 6.92 Å². The van der Waals surface area contributed by atoms with E-state index in [9.17, 15) is 0 Å². The summed E-state index contributed by atoms with van der Waals surface area (Å²) in [6, 6.07) is -5.87. The average molecular weight is 420 g/mol. The highest BCUT2D eigenvalue weighted by atomic mass is 32.1. The molecule has 9 nitrogen and oxygen atoms in total. The van der Waals surface area contributed by atoms with Gasteiger partial charge in [0, 0.05) is 45.1 Å². The molecule has 0 spiro atoms. The predicted molar refractivity (Wildman–Crippen MR) is 111 cm³/mol. The van der Waals surface area contributed by atoms with E-state index in [1.807, 2.05) is 0 Å². The quantitative estimate of drug-likeness (QED) is 0.501. The molecule has 0 radical (unpaired) electrons. The SMILES string of the molecule is [2H]C([2H])([2H])C([2H])([2H])[C@@H]1c2nnc(C)n2-c2cnc(-n3ccnc3-c3nccs3)nc2N1C([2H])(C([2H])([2H])[2H])C([2H])([2H])[2H]. The van der Waals surface area contributed by atoms with Crippen molar-refractivity contribution in [1.82, 2.24) is 39.3 Å². The Labute approximate surface area is 189 Å². The smallest absolute Gasteiger partial charge is 0.237 e. The van der Waals surface area contributed by atoms with E-state index in [0.29, 0.717) is 15.7 Å². The third-order valence-corrected chi connectivity index (χ3v) is 5.19. The van der Waals surface area contributed by atoms with Gasteiger partial charge in [0.25, 0.3) is 0 Å². The summed E-state index contributed by atoms with van der Waals surface area (Å²) in [5.41, 5.74) is -0.0788. The summed E-state index contributed by atoms with van der Waals surface area (Å²) < 4.78 is 102. The van der Waals surface area contributed by atoms with Crippen molar-refractivity contribution < 1.29 is 16.4 Å². The van der Waals surface area contributed by atoms with Gasteiger partial charge in [-0.25, -0.2) is 15.0 Å². The molecule has 29 heavy (non-hydrogen) atoms. The lowest BCUT2D eigenvalue weighted by atomic mass is 10.1. The second kappa shape index (κ2) is 6.73. The maximum atomic E-state index is 9.02. The number of thiazole rings is 1. The van der Waals surface area contributed by atoms with E-state index in [0.717, 1.165) is 0 Å². The minimum absolute atomic E-state index is 0.0788. The molecule has 0 saturated heterocycles. The first-order chi connectivity index (χ1) is 18.8. The van der Waals surface area contributed by atoms with Gasteiger partial charge in [0.2, 0.25) is 5.95 Å². The van der Waals surface area contributed by atoms with Crippen LogP contribution in [0.4, 0.5) is 5.82 Å². The van der Waals surface area contributed by atoms with Crippen LogP contribution in [-0.4, -0.2) is 45.3 Å². The molecule has 0 saturated carbocycles. The minimum Gasteiger partial charge on any atom is -0.342 e. The summed E-state index contributed by atoms with van der Waals surface area (Å²) in [4.78, 5) is 17.6. The van der Waals surface area contributed by atoms with Gasteiger partial charge >= 0.3 is 0 Å². The molecule has 148 valence electrons. The molecular weight excluding hydrogens is 386 g/mol. The number of aryl methyl sites for hydroxylation is 1. The van der Waals surface area contributed by atoms with Gasteiger partial charge in [-0.1, -0.05) is 6.85 Å². The standard InChI is InChI=1S/C19H21N9S/c1-5-13-16-25-24-12(4)28(16)14-10-22-19(23-15(14)27(13)11(2)3)26-8-6-20-17(26)18-21-7-9-29-18/h6-11,13H,5H2,1-4H3/t13-/m1/s1/i1D3,2D3,3D3,5D2,11D. The molecule has 5 heterocycles. The third-order valence-electron chi connectivity index (χ3n) is 4.42. The monoisotopic (exact) mass is 419 g/mol. The Kier molecular flexibility index (Phi) is 2.12. The van der Waals surface area contributed by atoms with Gasteiger partial charge in [0.1, 0.15) is 11.5 Å². The summed E-state index contributed by atoms with van der Waals surface area (Å²) in [7, 11) is 0. The number of fused-ring (bicyclic) bond motifs is 3. The summed E-state index contributed by atoms with van der Waals surface area (Å²) >= 11 is 1.26. The molecule has 0 bridgehead atoms. The Bertz CT molecular complexity index is 1570. The topological polar surface area (TPSA) is 90.4 Å². The summed E-state index contributed by atoms with van der Waals surface area (Å²) in [6.07, 6.45) is 2.30. The van der Waals surface area contributed by atoms with Gasteiger partial charge in [-0.15, -0.1) is 21.5 Å². The first-order valence-electron chi connectivity index (χ1n) is 14.3. The summed E-state index contributed by atoms with van der Waals surface area (Å²) in [5.74, 6) is -0.680. The summed E-state index contributed by atoms with van der Waals surface area (Å²) in [6.45, 7) is -9.23. The minimum atomic E-state index is -3.64. The number of rotatable bonds is 4. The molecular formula is C19H21N9S. The zero-order chi connectivity index (χ0) is 30.3. The van der Waals surface area contributed by atoms with E-state index in [1.54, 1.807) is 11.6 Å². The van der Waals surface area contributed by atoms with E-state index in [2.05, 4.69) is 30.1 Å². The van der Waals surface area contributed by atoms with Gasteiger partial charge in [0.05, 0.1) is 13.6 Å². The van der Waals surface area contributed by atoms with Crippen molar-refractivity contribution in [2.75, 3.05) is 4.90 Å². The first kappa shape index (κ1) is 9.12. The van der Waals surface area contributed by atoms with Crippen molar-refractivity contribution in [3.8, 4) is 22.5 Å². The molecule has 0 aliphatic carbocycles. The van der Waals surface area contributed by atoms with Gasteiger partial charge in [-0.2, -0.15) is 4.98 Å². The lowest BCUT2D eigenvalue weighted by Gasteiger charge is -2.39. The van der Waals surface area contributed by atoms with Crippen molar-refractivity contribution in [3.05, 3.63) is 41.8 Å². The third kappa shape index (κ3) is 2.66. The van der Waals surface area contributed by atoms with Crippen molar-refractivity contribution in [3.63, 3.8) is 0 Å².